The standard InChI is InChI=1S/C14H14F3NO4/c15-14(16,17)9-1-3-11(4-2-9)22-7-12(19)18-10-5-8(6-10)13(20)21/h1-4,8,10H,5-7H2,(H,18,19)(H,20,21). The van der Waals surface area contributed by atoms with Crippen LogP contribution < -0.4 is 10.1 Å². The van der Waals surface area contributed by atoms with Crippen molar-refractivity contribution in [3.63, 3.8) is 0 Å². The second-order valence-electron chi connectivity index (χ2n) is 5.08. The molecule has 5 nitrogen and oxygen atoms in total. The zero-order valence-electron chi connectivity index (χ0n) is 11.4. The molecule has 1 aromatic carbocycles. The summed E-state index contributed by atoms with van der Waals surface area (Å²) in [5.74, 6) is -1.60. The fourth-order valence-corrected chi connectivity index (χ4v) is 2.10. The molecular formula is C14H14F3NO4. The molecule has 0 aliphatic heterocycles. The number of aliphatic carboxylic acids is 1. The lowest BCUT2D eigenvalue weighted by Crippen LogP contribution is -2.48. The van der Waals surface area contributed by atoms with Crippen LogP contribution in [0.15, 0.2) is 24.3 Å². The smallest absolute Gasteiger partial charge is 0.416 e. The molecule has 1 aliphatic rings. The summed E-state index contributed by atoms with van der Waals surface area (Å²) in [5, 5.41) is 11.3. The number of alkyl halides is 3. The minimum Gasteiger partial charge on any atom is -0.484 e. The largest absolute Gasteiger partial charge is 0.484 e. The van der Waals surface area contributed by atoms with E-state index in [1.165, 1.54) is 0 Å². The van der Waals surface area contributed by atoms with Gasteiger partial charge in [-0.1, -0.05) is 0 Å². The monoisotopic (exact) mass is 317 g/mol. The highest BCUT2D eigenvalue weighted by Crippen LogP contribution is 2.30. The van der Waals surface area contributed by atoms with Crippen molar-refractivity contribution in [3.8, 4) is 5.75 Å². The van der Waals surface area contributed by atoms with Gasteiger partial charge >= 0.3 is 12.1 Å². The molecule has 0 heterocycles. The number of halogens is 3. The van der Waals surface area contributed by atoms with Crippen molar-refractivity contribution in [1.82, 2.24) is 5.32 Å². The van der Waals surface area contributed by atoms with Gasteiger partial charge in [0.1, 0.15) is 5.75 Å². The van der Waals surface area contributed by atoms with Crippen LogP contribution in [0.5, 0.6) is 5.75 Å². The maximum atomic E-state index is 12.4. The Hall–Kier alpha value is -2.25. The first-order chi connectivity index (χ1) is 10.3. The van der Waals surface area contributed by atoms with Crippen LogP contribution in [0.25, 0.3) is 0 Å². The minimum atomic E-state index is -4.42. The number of carboxylic acids is 1. The molecule has 0 aromatic heterocycles. The second-order valence-corrected chi connectivity index (χ2v) is 5.08. The Morgan fingerprint density at radius 2 is 1.82 bits per heavy atom. The quantitative estimate of drug-likeness (QED) is 0.872. The summed E-state index contributed by atoms with van der Waals surface area (Å²) in [6.45, 7) is -0.334. The zero-order valence-corrected chi connectivity index (χ0v) is 11.4. The molecule has 1 aromatic rings. The molecule has 2 N–H and O–H groups in total. The van der Waals surface area contributed by atoms with Crippen molar-refractivity contribution in [2.24, 2.45) is 5.92 Å². The minimum absolute atomic E-state index is 0.153. The van der Waals surface area contributed by atoms with Crippen molar-refractivity contribution >= 4 is 11.9 Å². The van der Waals surface area contributed by atoms with Crippen LogP contribution in [0.3, 0.4) is 0 Å². The van der Waals surface area contributed by atoms with Crippen molar-refractivity contribution < 1.29 is 32.6 Å². The number of amides is 1. The molecule has 1 aliphatic carbocycles. The van der Waals surface area contributed by atoms with E-state index in [-0.39, 0.29) is 18.4 Å². The van der Waals surface area contributed by atoms with Crippen LogP contribution in [-0.2, 0) is 15.8 Å². The Kier molecular flexibility index (Phi) is 4.58. The highest BCUT2D eigenvalue weighted by atomic mass is 19.4. The number of ether oxygens (including phenoxy) is 1. The third-order valence-corrected chi connectivity index (χ3v) is 3.40. The van der Waals surface area contributed by atoms with Gasteiger partial charge in [0.15, 0.2) is 6.61 Å². The number of rotatable bonds is 5. The molecular weight excluding hydrogens is 303 g/mol. The first-order valence-corrected chi connectivity index (χ1v) is 6.58. The van der Waals surface area contributed by atoms with Crippen molar-refractivity contribution in [2.75, 3.05) is 6.61 Å². The van der Waals surface area contributed by atoms with E-state index in [2.05, 4.69) is 5.32 Å². The Bertz CT molecular complexity index is 550. The topological polar surface area (TPSA) is 75.6 Å². The highest BCUT2D eigenvalue weighted by Gasteiger charge is 2.35. The summed E-state index contributed by atoms with van der Waals surface area (Å²) < 4.78 is 42.2. The zero-order chi connectivity index (χ0) is 16.3. The van der Waals surface area contributed by atoms with E-state index >= 15 is 0 Å². The van der Waals surface area contributed by atoms with E-state index in [4.69, 9.17) is 9.84 Å². The van der Waals surface area contributed by atoms with E-state index in [1.807, 2.05) is 0 Å². The fraction of sp³-hybridized carbons (Fsp3) is 0.429. The van der Waals surface area contributed by atoms with Gasteiger partial charge in [-0.25, -0.2) is 0 Å². The van der Waals surface area contributed by atoms with Gasteiger partial charge in [-0.3, -0.25) is 9.59 Å². The molecule has 0 radical (unpaired) electrons. The van der Waals surface area contributed by atoms with Crippen LogP contribution in [0, 0.1) is 5.92 Å². The molecule has 1 amide bonds. The average Bonchev–Trinajstić information content (AvgIpc) is 2.39. The molecule has 1 fully saturated rings. The summed E-state index contributed by atoms with van der Waals surface area (Å²) >= 11 is 0. The highest BCUT2D eigenvalue weighted by molar-refractivity contribution is 5.78. The lowest BCUT2D eigenvalue weighted by molar-refractivity contribution is -0.146. The first-order valence-electron chi connectivity index (χ1n) is 6.58. The van der Waals surface area contributed by atoms with Crippen LogP contribution in [0.1, 0.15) is 18.4 Å². The van der Waals surface area contributed by atoms with Gasteiger partial charge < -0.3 is 15.2 Å². The van der Waals surface area contributed by atoms with Crippen molar-refractivity contribution in [3.05, 3.63) is 29.8 Å². The summed E-state index contributed by atoms with van der Waals surface area (Å²) in [6, 6.07) is 3.83. The summed E-state index contributed by atoms with van der Waals surface area (Å²) in [7, 11) is 0. The maximum Gasteiger partial charge on any atom is 0.416 e. The number of carboxylic acid groups (broad SMARTS) is 1. The summed E-state index contributed by atoms with van der Waals surface area (Å²) in [4.78, 5) is 22.2. The molecule has 22 heavy (non-hydrogen) atoms. The van der Waals surface area contributed by atoms with E-state index in [0.29, 0.717) is 12.8 Å². The van der Waals surface area contributed by atoms with E-state index < -0.39 is 29.5 Å². The molecule has 0 spiro atoms. The lowest BCUT2D eigenvalue weighted by Gasteiger charge is -2.32. The van der Waals surface area contributed by atoms with Crippen LogP contribution >= 0.6 is 0 Å². The Labute approximate surface area is 124 Å². The van der Waals surface area contributed by atoms with Gasteiger partial charge in [-0.05, 0) is 37.1 Å². The third-order valence-electron chi connectivity index (χ3n) is 3.40. The Morgan fingerprint density at radius 1 is 1.23 bits per heavy atom. The van der Waals surface area contributed by atoms with Gasteiger partial charge in [0.25, 0.3) is 5.91 Å². The van der Waals surface area contributed by atoms with Gasteiger partial charge in [0.2, 0.25) is 0 Å². The predicted octanol–water partition coefficient (Wildman–Crippen LogP) is 2.06. The second kappa shape index (κ2) is 6.25. The number of carbonyl (C=O) groups excluding carboxylic acids is 1. The van der Waals surface area contributed by atoms with Crippen LogP contribution in [0.2, 0.25) is 0 Å². The summed E-state index contributed by atoms with van der Waals surface area (Å²) in [5.41, 5.74) is -0.793. The van der Waals surface area contributed by atoms with Crippen LogP contribution in [0.4, 0.5) is 13.2 Å². The molecule has 0 bridgehead atoms. The van der Waals surface area contributed by atoms with Gasteiger partial charge in [0.05, 0.1) is 11.5 Å². The maximum absolute atomic E-state index is 12.4. The van der Waals surface area contributed by atoms with E-state index in [9.17, 15) is 22.8 Å². The van der Waals surface area contributed by atoms with Gasteiger partial charge in [-0.2, -0.15) is 13.2 Å². The number of carbonyl (C=O) groups is 2. The molecule has 0 unspecified atom stereocenters. The fourth-order valence-electron chi connectivity index (χ4n) is 2.10. The predicted molar refractivity (Wildman–Crippen MR) is 69.2 cm³/mol. The first kappa shape index (κ1) is 16.1. The molecule has 0 atom stereocenters. The van der Waals surface area contributed by atoms with Gasteiger partial charge in [0, 0.05) is 6.04 Å². The molecule has 2 rings (SSSR count). The Balaban J connectivity index is 1.74. The van der Waals surface area contributed by atoms with Crippen LogP contribution in [-0.4, -0.2) is 29.6 Å². The lowest BCUT2D eigenvalue weighted by atomic mass is 9.80. The molecule has 120 valence electrons. The molecule has 8 heteroatoms. The van der Waals surface area contributed by atoms with E-state index in [0.717, 1.165) is 24.3 Å². The van der Waals surface area contributed by atoms with Crippen molar-refractivity contribution in [2.45, 2.75) is 25.1 Å². The van der Waals surface area contributed by atoms with Gasteiger partial charge in [-0.15, -0.1) is 0 Å². The summed E-state index contributed by atoms with van der Waals surface area (Å²) in [6.07, 6.45) is -3.66. The normalized spacial score (nSPS) is 20.9. The number of hydrogen-bond donors (Lipinski definition) is 2. The molecule has 1 saturated carbocycles. The number of hydrogen-bond acceptors (Lipinski definition) is 3. The molecule has 0 saturated heterocycles. The number of nitrogens with one attached hydrogen (secondary N) is 1. The van der Waals surface area contributed by atoms with Crippen molar-refractivity contribution in [1.29, 1.82) is 0 Å². The SMILES string of the molecule is O=C(COc1ccc(C(F)(F)F)cc1)NC1CC(C(=O)O)C1. The average molecular weight is 317 g/mol. The third kappa shape index (κ3) is 4.12. The number of benzene rings is 1. The van der Waals surface area contributed by atoms with E-state index in [1.54, 1.807) is 0 Å². The Morgan fingerprint density at radius 3 is 2.32 bits per heavy atom.